The molecule has 1 N–H and O–H groups in total. The van der Waals surface area contributed by atoms with Crippen molar-refractivity contribution in [1.29, 1.82) is 0 Å². The van der Waals surface area contributed by atoms with Gasteiger partial charge in [0.15, 0.2) is 0 Å². The zero-order chi connectivity index (χ0) is 14.7. The Morgan fingerprint density at radius 2 is 2.25 bits per heavy atom. The Hall–Kier alpha value is -1.95. The molecule has 0 amide bonds. The van der Waals surface area contributed by atoms with E-state index in [2.05, 4.69) is 4.98 Å². The third-order valence-electron chi connectivity index (χ3n) is 2.61. The summed E-state index contributed by atoms with van der Waals surface area (Å²) in [7, 11) is 0. The van der Waals surface area contributed by atoms with Gasteiger partial charge in [-0.05, 0) is 18.2 Å². The molecule has 6 heteroatoms. The first-order valence-corrected chi connectivity index (χ1v) is 6.95. The summed E-state index contributed by atoms with van der Waals surface area (Å²) < 4.78 is 18.5. The first-order chi connectivity index (χ1) is 9.47. The van der Waals surface area contributed by atoms with E-state index >= 15 is 0 Å². The van der Waals surface area contributed by atoms with Crippen molar-refractivity contribution in [1.82, 2.24) is 4.98 Å². The van der Waals surface area contributed by atoms with Crippen LogP contribution < -0.4 is 4.74 Å². The number of carboxylic acids is 1. The second kappa shape index (κ2) is 6.00. The Kier molecular flexibility index (Phi) is 4.34. The molecule has 0 bridgehead atoms. The third-order valence-corrected chi connectivity index (χ3v) is 3.81. The van der Waals surface area contributed by atoms with Gasteiger partial charge in [-0.2, -0.15) is 0 Å². The molecule has 0 fully saturated rings. The predicted molar refractivity (Wildman–Crippen MR) is 73.9 cm³/mol. The molecule has 1 aromatic heterocycles. The van der Waals surface area contributed by atoms with Gasteiger partial charge in [0.2, 0.25) is 0 Å². The Morgan fingerprint density at radius 1 is 1.50 bits per heavy atom. The lowest BCUT2D eigenvalue weighted by atomic mass is 10.2. The highest BCUT2D eigenvalue weighted by atomic mass is 32.1. The maximum absolute atomic E-state index is 13.0. The molecular formula is C14H14FNO3S. The molecule has 0 aliphatic heterocycles. The average molecular weight is 295 g/mol. The van der Waals surface area contributed by atoms with E-state index in [-0.39, 0.29) is 17.9 Å². The van der Waals surface area contributed by atoms with Crippen LogP contribution in [-0.2, 0) is 6.61 Å². The maximum Gasteiger partial charge on any atom is 0.339 e. The number of carbonyl (C=O) groups is 1. The van der Waals surface area contributed by atoms with Crippen molar-refractivity contribution in [2.75, 3.05) is 0 Å². The highest BCUT2D eigenvalue weighted by molar-refractivity contribution is 7.09. The summed E-state index contributed by atoms with van der Waals surface area (Å²) >= 11 is 1.54. The molecule has 0 aliphatic rings. The molecule has 2 rings (SSSR count). The van der Waals surface area contributed by atoms with Gasteiger partial charge in [-0.25, -0.2) is 14.2 Å². The monoisotopic (exact) mass is 295 g/mol. The largest absolute Gasteiger partial charge is 0.486 e. The van der Waals surface area contributed by atoms with Gasteiger partial charge >= 0.3 is 5.97 Å². The molecule has 2 aromatic rings. The molecule has 0 atom stereocenters. The summed E-state index contributed by atoms with van der Waals surface area (Å²) in [6.45, 7) is 4.26. The quantitative estimate of drug-likeness (QED) is 0.914. The third kappa shape index (κ3) is 3.33. The summed E-state index contributed by atoms with van der Waals surface area (Å²) in [6.07, 6.45) is 0. The van der Waals surface area contributed by atoms with E-state index in [1.165, 1.54) is 23.5 Å². The molecule has 1 heterocycles. The second-order valence-electron chi connectivity index (χ2n) is 4.57. The number of benzene rings is 1. The first-order valence-electron chi connectivity index (χ1n) is 6.07. The van der Waals surface area contributed by atoms with Gasteiger partial charge in [-0.3, -0.25) is 0 Å². The molecule has 0 unspecified atom stereocenters. The van der Waals surface area contributed by atoms with Gasteiger partial charge in [0.05, 0.1) is 10.7 Å². The lowest BCUT2D eigenvalue weighted by Crippen LogP contribution is -2.04. The number of aromatic carboxylic acids is 1. The van der Waals surface area contributed by atoms with E-state index in [4.69, 9.17) is 9.84 Å². The minimum absolute atomic E-state index is 0.137. The van der Waals surface area contributed by atoms with E-state index in [9.17, 15) is 9.18 Å². The van der Waals surface area contributed by atoms with E-state index in [0.717, 1.165) is 16.8 Å². The van der Waals surface area contributed by atoms with Crippen LogP contribution >= 0.6 is 11.3 Å². The highest BCUT2D eigenvalue weighted by Crippen LogP contribution is 2.23. The van der Waals surface area contributed by atoms with Crippen LogP contribution in [-0.4, -0.2) is 16.1 Å². The number of hydrogen-bond donors (Lipinski definition) is 1. The lowest BCUT2D eigenvalue weighted by molar-refractivity contribution is 0.0691. The Bertz CT molecular complexity index is 625. The predicted octanol–water partition coefficient (Wildman–Crippen LogP) is 3.68. The van der Waals surface area contributed by atoms with Gasteiger partial charge in [-0.15, -0.1) is 11.3 Å². The second-order valence-corrected chi connectivity index (χ2v) is 5.46. The summed E-state index contributed by atoms with van der Waals surface area (Å²) in [5.74, 6) is -1.35. The number of rotatable bonds is 5. The van der Waals surface area contributed by atoms with Crippen LogP contribution in [0.15, 0.2) is 23.6 Å². The molecule has 0 saturated carbocycles. The molecule has 4 nitrogen and oxygen atoms in total. The smallest absolute Gasteiger partial charge is 0.339 e. The van der Waals surface area contributed by atoms with E-state index in [1.54, 1.807) is 0 Å². The van der Waals surface area contributed by atoms with Crippen LogP contribution in [0.3, 0.4) is 0 Å². The maximum atomic E-state index is 13.0. The molecule has 1 aromatic carbocycles. The Morgan fingerprint density at radius 3 is 2.85 bits per heavy atom. The van der Waals surface area contributed by atoms with E-state index in [1.807, 2.05) is 19.2 Å². The number of aromatic nitrogens is 1. The van der Waals surface area contributed by atoms with Gasteiger partial charge in [-0.1, -0.05) is 13.8 Å². The Balaban J connectivity index is 2.12. The number of carboxylic acid groups (broad SMARTS) is 1. The lowest BCUT2D eigenvalue weighted by Gasteiger charge is -2.07. The van der Waals surface area contributed by atoms with Crippen molar-refractivity contribution >= 4 is 17.3 Å². The van der Waals surface area contributed by atoms with E-state index < -0.39 is 11.8 Å². The topological polar surface area (TPSA) is 59.4 Å². The average Bonchev–Trinajstić information content (AvgIpc) is 2.86. The molecule has 0 spiro atoms. The zero-order valence-corrected chi connectivity index (χ0v) is 11.9. The fraction of sp³-hybridized carbons (Fsp3) is 0.286. The van der Waals surface area contributed by atoms with Crippen molar-refractivity contribution in [3.8, 4) is 5.75 Å². The molecule has 0 saturated heterocycles. The van der Waals surface area contributed by atoms with E-state index in [0.29, 0.717) is 5.92 Å². The van der Waals surface area contributed by atoms with Crippen molar-refractivity contribution in [3.05, 3.63) is 45.7 Å². The van der Waals surface area contributed by atoms with Gasteiger partial charge in [0.1, 0.15) is 23.7 Å². The summed E-state index contributed by atoms with van der Waals surface area (Å²) in [4.78, 5) is 15.4. The summed E-state index contributed by atoms with van der Waals surface area (Å²) in [6, 6.07) is 3.43. The standard InChI is InChI=1S/C14H14FNO3S/c1-8(2)13-16-10(7-20-13)6-19-12-4-3-9(15)5-11(12)14(17)18/h3-5,7-8H,6H2,1-2H3,(H,17,18). The highest BCUT2D eigenvalue weighted by Gasteiger charge is 2.13. The molecule has 0 aliphatic carbocycles. The number of hydrogen-bond acceptors (Lipinski definition) is 4. The van der Waals surface area contributed by atoms with Crippen LogP contribution in [0.5, 0.6) is 5.75 Å². The summed E-state index contributed by atoms with van der Waals surface area (Å²) in [5, 5.41) is 11.9. The minimum atomic E-state index is -1.22. The number of ether oxygens (including phenoxy) is 1. The Labute approximate surface area is 119 Å². The zero-order valence-electron chi connectivity index (χ0n) is 11.1. The number of halogens is 1. The minimum Gasteiger partial charge on any atom is -0.486 e. The van der Waals surface area contributed by atoms with Gasteiger partial charge in [0, 0.05) is 11.3 Å². The normalized spacial score (nSPS) is 10.8. The fourth-order valence-electron chi connectivity index (χ4n) is 1.60. The van der Waals surface area contributed by atoms with Crippen LogP contribution in [0.4, 0.5) is 4.39 Å². The summed E-state index contributed by atoms with van der Waals surface area (Å²) in [5.41, 5.74) is 0.545. The number of thiazole rings is 1. The van der Waals surface area contributed by atoms with Crippen LogP contribution in [0.2, 0.25) is 0 Å². The van der Waals surface area contributed by atoms with Crippen LogP contribution in [0, 0.1) is 5.82 Å². The fourth-order valence-corrected chi connectivity index (χ4v) is 2.42. The van der Waals surface area contributed by atoms with Crippen LogP contribution in [0.25, 0.3) is 0 Å². The molecule has 0 radical (unpaired) electrons. The van der Waals surface area contributed by atoms with Crippen LogP contribution in [0.1, 0.15) is 40.8 Å². The van der Waals surface area contributed by atoms with Crippen molar-refractivity contribution in [3.63, 3.8) is 0 Å². The SMILES string of the molecule is CC(C)c1nc(COc2ccc(F)cc2C(=O)O)cs1. The molecular weight excluding hydrogens is 281 g/mol. The van der Waals surface area contributed by atoms with Gasteiger partial charge < -0.3 is 9.84 Å². The number of nitrogens with zero attached hydrogens (tertiary/aromatic N) is 1. The molecule has 106 valence electrons. The van der Waals surface area contributed by atoms with Crippen molar-refractivity contribution in [2.45, 2.75) is 26.4 Å². The van der Waals surface area contributed by atoms with Crippen molar-refractivity contribution < 1.29 is 19.0 Å². The first kappa shape index (κ1) is 14.5. The van der Waals surface area contributed by atoms with Gasteiger partial charge in [0.25, 0.3) is 0 Å². The molecule has 20 heavy (non-hydrogen) atoms. The van der Waals surface area contributed by atoms with Crippen molar-refractivity contribution in [2.24, 2.45) is 0 Å².